The van der Waals surface area contributed by atoms with E-state index in [-0.39, 0.29) is 17.3 Å². The topological polar surface area (TPSA) is 86.7 Å². The maximum Gasteiger partial charge on any atom is 0.328 e. The van der Waals surface area contributed by atoms with Gasteiger partial charge in [0.15, 0.2) is 11.0 Å². The lowest BCUT2D eigenvalue weighted by Crippen LogP contribution is -2.19. The number of rotatable bonds is 6. The first kappa shape index (κ1) is 22.6. The summed E-state index contributed by atoms with van der Waals surface area (Å²) in [5.41, 5.74) is 3.03. The zero-order valence-electron chi connectivity index (χ0n) is 19.0. The number of hydrogen-bond donors (Lipinski definition) is 1. The summed E-state index contributed by atoms with van der Waals surface area (Å²) in [5, 5.41) is 11.8. The number of carbonyl (C=O) groups is 1. The molecular formula is C25H21FN6O2S. The van der Waals surface area contributed by atoms with Crippen molar-refractivity contribution in [2.45, 2.75) is 5.16 Å². The molecule has 3 aromatic carbocycles. The number of imidazole rings is 1. The molecule has 0 saturated heterocycles. The molecule has 5 rings (SSSR count). The SMILES string of the molecule is Cn1c(=O)n(C)c2cc(NC(=O)CSc3nnc(-c4ccccc4F)n3-c3ccccc3)ccc21. The number of nitrogens with one attached hydrogen (secondary N) is 1. The van der Waals surface area contributed by atoms with E-state index in [2.05, 4.69) is 15.5 Å². The first-order valence-corrected chi connectivity index (χ1v) is 11.8. The molecule has 8 nitrogen and oxygen atoms in total. The first-order valence-electron chi connectivity index (χ1n) is 10.8. The molecule has 0 bridgehead atoms. The van der Waals surface area contributed by atoms with Gasteiger partial charge in [0.2, 0.25) is 5.91 Å². The lowest BCUT2D eigenvalue weighted by molar-refractivity contribution is -0.113. The number of para-hydroxylation sites is 1. The molecule has 5 aromatic rings. The summed E-state index contributed by atoms with van der Waals surface area (Å²) >= 11 is 1.20. The second-order valence-corrected chi connectivity index (χ2v) is 8.84. The van der Waals surface area contributed by atoms with Crippen LogP contribution in [0.25, 0.3) is 28.1 Å². The summed E-state index contributed by atoms with van der Waals surface area (Å²) in [6.45, 7) is 0. The summed E-state index contributed by atoms with van der Waals surface area (Å²) in [5.74, 6) is -0.233. The Kier molecular flexibility index (Phi) is 5.96. The molecule has 2 heterocycles. The van der Waals surface area contributed by atoms with E-state index in [1.165, 1.54) is 22.4 Å². The summed E-state index contributed by atoms with van der Waals surface area (Å²) in [7, 11) is 3.40. The minimum Gasteiger partial charge on any atom is -0.325 e. The van der Waals surface area contributed by atoms with Crippen LogP contribution < -0.4 is 11.0 Å². The van der Waals surface area contributed by atoms with E-state index in [4.69, 9.17) is 0 Å². The highest BCUT2D eigenvalue weighted by molar-refractivity contribution is 7.99. The predicted molar refractivity (Wildman–Crippen MR) is 134 cm³/mol. The molecular weight excluding hydrogens is 467 g/mol. The van der Waals surface area contributed by atoms with Gasteiger partial charge in [-0.25, -0.2) is 9.18 Å². The smallest absolute Gasteiger partial charge is 0.325 e. The fourth-order valence-electron chi connectivity index (χ4n) is 3.90. The predicted octanol–water partition coefficient (Wildman–Crippen LogP) is 3.99. The van der Waals surface area contributed by atoms with Gasteiger partial charge in [-0.3, -0.25) is 18.5 Å². The highest BCUT2D eigenvalue weighted by atomic mass is 32.2. The van der Waals surface area contributed by atoms with Gasteiger partial charge in [0.05, 0.1) is 22.3 Å². The van der Waals surface area contributed by atoms with Gasteiger partial charge in [-0.2, -0.15) is 0 Å². The van der Waals surface area contributed by atoms with Crippen LogP contribution in [0.3, 0.4) is 0 Å². The minimum atomic E-state index is -0.405. The molecule has 2 aromatic heterocycles. The van der Waals surface area contributed by atoms with Gasteiger partial charge in [0.25, 0.3) is 0 Å². The van der Waals surface area contributed by atoms with Crippen molar-refractivity contribution < 1.29 is 9.18 Å². The first-order chi connectivity index (χ1) is 16.9. The van der Waals surface area contributed by atoms with Crippen LogP contribution in [0.1, 0.15) is 0 Å². The van der Waals surface area contributed by atoms with Crippen molar-refractivity contribution in [1.29, 1.82) is 0 Å². The van der Waals surface area contributed by atoms with Crippen LogP contribution in [-0.2, 0) is 18.9 Å². The number of halogens is 1. The molecule has 0 aliphatic heterocycles. The Balaban J connectivity index is 1.39. The Morgan fingerprint density at radius 2 is 1.66 bits per heavy atom. The van der Waals surface area contributed by atoms with Gasteiger partial charge in [0, 0.05) is 25.5 Å². The van der Waals surface area contributed by atoms with E-state index in [1.54, 1.807) is 59.6 Å². The Labute approximate surface area is 204 Å². The largest absolute Gasteiger partial charge is 0.328 e. The molecule has 0 aliphatic rings. The summed E-state index contributed by atoms with van der Waals surface area (Å²) in [6, 6.07) is 21.1. The normalized spacial score (nSPS) is 11.2. The highest BCUT2D eigenvalue weighted by Crippen LogP contribution is 2.29. The van der Waals surface area contributed by atoms with Crippen molar-refractivity contribution in [3.05, 3.63) is 89.1 Å². The molecule has 0 fully saturated rings. The molecule has 0 unspecified atom stereocenters. The number of amides is 1. The van der Waals surface area contributed by atoms with Crippen molar-refractivity contribution in [1.82, 2.24) is 23.9 Å². The molecule has 0 radical (unpaired) electrons. The fraction of sp³-hybridized carbons (Fsp3) is 0.120. The third kappa shape index (κ3) is 4.24. The number of anilines is 1. The molecule has 0 aliphatic carbocycles. The van der Waals surface area contributed by atoms with E-state index >= 15 is 0 Å². The zero-order chi connectivity index (χ0) is 24.5. The third-order valence-electron chi connectivity index (χ3n) is 5.65. The maximum atomic E-state index is 14.5. The standard InChI is InChI=1S/C25H21FN6O2S/c1-30-20-13-12-16(14-21(20)31(2)25(30)34)27-22(33)15-35-24-29-28-23(18-10-6-7-11-19(18)26)32(24)17-8-4-3-5-9-17/h3-14H,15H2,1-2H3,(H,27,33). The Morgan fingerprint density at radius 3 is 2.43 bits per heavy atom. The van der Waals surface area contributed by atoms with E-state index in [9.17, 15) is 14.0 Å². The number of nitrogens with zero attached hydrogens (tertiary/aromatic N) is 5. The van der Waals surface area contributed by atoms with Crippen LogP contribution >= 0.6 is 11.8 Å². The number of carbonyl (C=O) groups excluding carboxylic acids is 1. The molecule has 176 valence electrons. The molecule has 0 atom stereocenters. The van der Waals surface area contributed by atoms with E-state index in [0.29, 0.717) is 22.2 Å². The van der Waals surface area contributed by atoms with Crippen molar-refractivity contribution in [2.75, 3.05) is 11.1 Å². The summed E-state index contributed by atoms with van der Waals surface area (Å²) < 4.78 is 19.4. The highest BCUT2D eigenvalue weighted by Gasteiger charge is 2.19. The van der Waals surface area contributed by atoms with Crippen molar-refractivity contribution in [3.8, 4) is 17.1 Å². The molecule has 0 saturated carbocycles. The van der Waals surface area contributed by atoms with Gasteiger partial charge in [-0.15, -0.1) is 10.2 Å². The van der Waals surface area contributed by atoms with Crippen molar-refractivity contribution in [3.63, 3.8) is 0 Å². The Morgan fingerprint density at radius 1 is 0.943 bits per heavy atom. The number of thioether (sulfide) groups is 1. The van der Waals surface area contributed by atoms with Crippen molar-refractivity contribution >= 4 is 34.4 Å². The third-order valence-corrected chi connectivity index (χ3v) is 6.58. The average Bonchev–Trinajstić information content (AvgIpc) is 3.38. The summed E-state index contributed by atoms with van der Waals surface area (Å²) in [6.07, 6.45) is 0. The lowest BCUT2D eigenvalue weighted by atomic mass is 10.2. The van der Waals surface area contributed by atoms with Crippen molar-refractivity contribution in [2.24, 2.45) is 14.1 Å². The van der Waals surface area contributed by atoms with Crippen LogP contribution in [0.2, 0.25) is 0 Å². The Bertz CT molecular complexity index is 1610. The van der Waals surface area contributed by atoms with Crippen LogP contribution in [0.15, 0.2) is 82.7 Å². The van der Waals surface area contributed by atoms with Gasteiger partial charge < -0.3 is 5.32 Å². The van der Waals surface area contributed by atoms with Gasteiger partial charge in [-0.1, -0.05) is 42.1 Å². The maximum absolute atomic E-state index is 14.5. The number of hydrogen-bond acceptors (Lipinski definition) is 5. The Hall–Kier alpha value is -4.18. The number of benzene rings is 3. The van der Waals surface area contributed by atoms with Gasteiger partial charge in [-0.05, 0) is 42.5 Å². The monoisotopic (exact) mass is 488 g/mol. The summed E-state index contributed by atoms with van der Waals surface area (Å²) in [4.78, 5) is 24.9. The van der Waals surface area contributed by atoms with Crippen LogP contribution in [-0.4, -0.2) is 35.6 Å². The average molecular weight is 489 g/mol. The van der Waals surface area contributed by atoms with Crippen LogP contribution in [0, 0.1) is 5.82 Å². The fourth-order valence-corrected chi connectivity index (χ4v) is 4.65. The van der Waals surface area contributed by atoms with Crippen LogP contribution in [0.5, 0.6) is 0 Å². The molecule has 35 heavy (non-hydrogen) atoms. The quantitative estimate of drug-likeness (QED) is 0.365. The molecule has 1 N–H and O–H groups in total. The molecule has 1 amide bonds. The number of fused-ring (bicyclic) bond motifs is 1. The van der Waals surface area contributed by atoms with E-state index in [1.807, 2.05) is 30.3 Å². The van der Waals surface area contributed by atoms with Crippen LogP contribution in [0.4, 0.5) is 10.1 Å². The lowest BCUT2D eigenvalue weighted by Gasteiger charge is -2.11. The second kappa shape index (κ2) is 9.22. The van der Waals surface area contributed by atoms with E-state index in [0.717, 1.165) is 16.7 Å². The van der Waals surface area contributed by atoms with Gasteiger partial charge in [0.1, 0.15) is 5.82 Å². The second-order valence-electron chi connectivity index (χ2n) is 7.90. The van der Waals surface area contributed by atoms with E-state index < -0.39 is 5.82 Å². The van der Waals surface area contributed by atoms with Gasteiger partial charge >= 0.3 is 5.69 Å². The molecule has 0 spiro atoms. The number of aryl methyl sites for hydroxylation is 2. The zero-order valence-corrected chi connectivity index (χ0v) is 19.8. The molecule has 10 heteroatoms. The number of aromatic nitrogens is 5. The minimum absolute atomic E-state index is 0.0635.